The Labute approximate surface area is 156 Å². The maximum atomic E-state index is 12.9. The van der Waals surface area contributed by atoms with E-state index in [2.05, 4.69) is 15.9 Å². The maximum Gasteiger partial charge on any atom is 0.424 e. The van der Waals surface area contributed by atoms with Crippen LogP contribution < -0.4 is 0 Å². The Hall–Kier alpha value is -1.86. The van der Waals surface area contributed by atoms with Gasteiger partial charge in [0.25, 0.3) is 10.0 Å². The maximum absolute atomic E-state index is 12.9. The van der Waals surface area contributed by atoms with Gasteiger partial charge < -0.3 is 4.74 Å². The SMILES string of the molecule is CC(C)(C)OC(=O)N(Cc1ccc(Br)cc1)S(=O)(=O)c1ccccc1. The molecule has 0 aromatic heterocycles. The smallest absolute Gasteiger partial charge is 0.424 e. The molecule has 0 fully saturated rings. The van der Waals surface area contributed by atoms with Gasteiger partial charge in [-0.1, -0.05) is 46.3 Å². The summed E-state index contributed by atoms with van der Waals surface area (Å²) < 4.78 is 32.8. The van der Waals surface area contributed by atoms with Crippen LogP contribution in [0.2, 0.25) is 0 Å². The number of sulfonamides is 1. The van der Waals surface area contributed by atoms with Gasteiger partial charge in [-0.15, -0.1) is 0 Å². The molecule has 0 radical (unpaired) electrons. The molecule has 134 valence electrons. The van der Waals surface area contributed by atoms with Gasteiger partial charge in [-0.25, -0.2) is 13.2 Å². The number of rotatable bonds is 4. The minimum atomic E-state index is -4.03. The van der Waals surface area contributed by atoms with Crippen LogP contribution in [0, 0.1) is 0 Å². The van der Waals surface area contributed by atoms with Gasteiger partial charge in [-0.05, 0) is 50.6 Å². The van der Waals surface area contributed by atoms with E-state index in [1.54, 1.807) is 63.2 Å². The van der Waals surface area contributed by atoms with Crippen molar-refractivity contribution in [1.29, 1.82) is 0 Å². The topological polar surface area (TPSA) is 63.7 Å². The molecule has 0 unspecified atom stereocenters. The molecule has 0 aliphatic heterocycles. The van der Waals surface area contributed by atoms with E-state index in [4.69, 9.17) is 4.74 Å². The van der Waals surface area contributed by atoms with Crippen molar-refractivity contribution in [3.63, 3.8) is 0 Å². The van der Waals surface area contributed by atoms with Crippen LogP contribution in [-0.4, -0.2) is 24.4 Å². The monoisotopic (exact) mass is 425 g/mol. The number of carbonyl (C=O) groups excluding carboxylic acids is 1. The fourth-order valence-electron chi connectivity index (χ4n) is 2.04. The lowest BCUT2D eigenvalue weighted by molar-refractivity contribution is 0.0381. The highest BCUT2D eigenvalue weighted by Crippen LogP contribution is 2.22. The highest BCUT2D eigenvalue weighted by molar-refractivity contribution is 9.10. The van der Waals surface area contributed by atoms with E-state index in [0.717, 1.165) is 8.78 Å². The number of ether oxygens (including phenoxy) is 1. The zero-order valence-corrected chi connectivity index (χ0v) is 16.7. The quantitative estimate of drug-likeness (QED) is 0.718. The van der Waals surface area contributed by atoms with Crippen LogP contribution in [0.1, 0.15) is 26.3 Å². The van der Waals surface area contributed by atoms with Crippen molar-refractivity contribution in [3.05, 3.63) is 64.6 Å². The molecule has 0 bridgehead atoms. The lowest BCUT2D eigenvalue weighted by atomic mass is 10.2. The average molecular weight is 426 g/mol. The summed E-state index contributed by atoms with van der Waals surface area (Å²) >= 11 is 3.33. The lowest BCUT2D eigenvalue weighted by Gasteiger charge is -2.27. The first-order valence-corrected chi connectivity index (χ1v) is 9.88. The van der Waals surface area contributed by atoms with Crippen molar-refractivity contribution in [2.75, 3.05) is 0 Å². The van der Waals surface area contributed by atoms with Crippen LogP contribution in [0.3, 0.4) is 0 Å². The Bertz CT molecular complexity index is 828. The molecule has 0 atom stereocenters. The van der Waals surface area contributed by atoms with Crippen molar-refractivity contribution < 1.29 is 17.9 Å². The summed E-state index contributed by atoms with van der Waals surface area (Å²) in [6.07, 6.45) is -0.903. The molecule has 2 aromatic carbocycles. The van der Waals surface area contributed by atoms with Gasteiger partial charge in [0, 0.05) is 4.47 Å². The first kappa shape index (κ1) is 19.5. The Morgan fingerprint density at radius 3 is 2.12 bits per heavy atom. The fraction of sp³-hybridized carbons (Fsp3) is 0.278. The number of benzene rings is 2. The molecule has 0 N–H and O–H groups in total. The average Bonchev–Trinajstić information content (AvgIpc) is 2.53. The van der Waals surface area contributed by atoms with E-state index in [-0.39, 0.29) is 11.4 Å². The van der Waals surface area contributed by atoms with Crippen LogP contribution in [0.4, 0.5) is 4.79 Å². The number of nitrogens with zero attached hydrogens (tertiary/aromatic N) is 1. The summed E-state index contributed by atoms with van der Waals surface area (Å²) in [7, 11) is -4.03. The minimum Gasteiger partial charge on any atom is -0.443 e. The summed E-state index contributed by atoms with van der Waals surface area (Å²) in [6, 6.07) is 14.9. The fourth-order valence-corrected chi connectivity index (χ4v) is 3.61. The third kappa shape index (κ3) is 5.31. The second-order valence-electron chi connectivity index (χ2n) is 6.43. The van der Waals surface area contributed by atoms with Crippen molar-refractivity contribution in [1.82, 2.24) is 4.31 Å². The second-order valence-corrected chi connectivity index (χ2v) is 9.21. The second kappa shape index (κ2) is 7.58. The van der Waals surface area contributed by atoms with Gasteiger partial charge in [0.15, 0.2) is 0 Å². The molecule has 0 saturated heterocycles. The minimum absolute atomic E-state index is 0.0398. The molecule has 0 spiro atoms. The zero-order valence-electron chi connectivity index (χ0n) is 14.3. The predicted molar refractivity (Wildman–Crippen MR) is 99.5 cm³/mol. The molecule has 0 aliphatic carbocycles. The van der Waals surface area contributed by atoms with Gasteiger partial charge in [0.05, 0.1) is 11.4 Å². The number of halogens is 1. The van der Waals surface area contributed by atoms with Crippen molar-refractivity contribution >= 4 is 32.0 Å². The Morgan fingerprint density at radius 1 is 1.04 bits per heavy atom. The molecule has 2 aromatic rings. The molecule has 1 amide bonds. The van der Waals surface area contributed by atoms with E-state index in [1.165, 1.54) is 12.1 Å². The van der Waals surface area contributed by atoms with Gasteiger partial charge in [-0.2, -0.15) is 4.31 Å². The largest absolute Gasteiger partial charge is 0.443 e. The van der Waals surface area contributed by atoms with Gasteiger partial charge >= 0.3 is 6.09 Å². The standard InChI is InChI=1S/C18H20BrNO4S/c1-18(2,3)24-17(21)20(13-14-9-11-15(19)12-10-14)25(22,23)16-7-5-4-6-8-16/h4-12H,13H2,1-3H3. The third-order valence-electron chi connectivity index (χ3n) is 3.17. The number of amides is 1. The highest BCUT2D eigenvalue weighted by atomic mass is 79.9. The number of hydrogen-bond donors (Lipinski definition) is 0. The Kier molecular flexibility index (Phi) is 5.90. The van der Waals surface area contributed by atoms with Crippen LogP contribution in [0.25, 0.3) is 0 Å². The van der Waals surface area contributed by atoms with Crippen LogP contribution in [0.5, 0.6) is 0 Å². The molecule has 7 heteroatoms. The lowest BCUT2D eigenvalue weighted by Crippen LogP contribution is -2.40. The molecule has 5 nitrogen and oxygen atoms in total. The van der Waals surface area contributed by atoms with Gasteiger partial charge in [-0.3, -0.25) is 0 Å². The molecule has 0 heterocycles. The zero-order chi connectivity index (χ0) is 18.7. The third-order valence-corrected chi connectivity index (χ3v) is 5.42. The van der Waals surface area contributed by atoms with E-state index in [0.29, 0.717) is 5.56 Å². The molecule has 25 heavy (non-hydrogen) atoms. The van der Waals surface area contributed by atoms with Crippen molar-refractivity contribution in [2.45, 2.75) is 37.8 Å². The predicted octanol–water partition coefficient (Wildman–Crippen LogP) is 4.58. The van der Waals surface area contributed by atoms with E-state index >= 15 is 0 Å². The number of hydrogen-bond acceptors (Lipinski definition) is 4. The van der Waals surface area contributed by atoms with Crippen molar-refractivity contribution in [2.24, 2.45) is 0 Å². The Morgan fingerprint density at radius 2 is 1.60 bits per heavy atom. The first-order valence-electron chi connectivity index (χ1n) is 7.65. The molecular weight excluding hydrogens is 406 g/mol. The van der Waals surface area contributed by atoms with Gasteiger partial charge in [0.1, 0.15) is 5.60 Å². The molecule has 2 rings (SSSR count). The molecular formula is C18H20BrNO4S. The first-order chi connectivity index (χ1) is 11.6. The molecule has 0 saturated carbocycles. The number of carbonyl (C=O) groups is 1. The summed E-state index contributed by atoms with van der Waals surface area (Å²) in [4.78, 5) is 12.6. The van der Waals surface area contributed by atoms with E-state index < -0.39 is 21.7 Å². The van der Waals surface area contributed by atoms with Crippen LogP contribution in [0.15, 0.2) is 64.0 Å². The van der Waals surface area contributed by atoms with E-state index in [9.17, 15) is 13.2 Å². The Balaban J connectivity index is 2.41. The summed E-state index contributed by atoms with van der Waals surface area (Å²) in [5.74, 6) is 0. The molecule has 0 aliphatic rings. The van der Waals surface area contributed by atoms with Gasteiger partial charge in [0.2, 0.25) is 0 Å². The highest BCUT2D eigenvalue weighted by Gasteiger charge is 2.33. The van der Waals surface area contributed by atoms with Crippen LogP contribution >= 0.6 is 15.9 Å². The normalized spacial score (nSPS) is 11.8. The van der Waals surface area contributed by atoms with Crippen molar-refractivity contribution in [3.8, 4) is 0 Å². The summed E-state index contributed by atoms with van der Waals surface area (Å²) in [5.41, 5.74) is -0.130. The summed E-state index contributed by atoms with van der Waals surface area (Å²) in [6.45, 7) is 4.97. The van der Waals surface area contributed by atoms with E-state index in [1.807, 2.05) is 0 Å². The van der Waals surface area contributed by atoms with Crippen LogP contribution in [-0.2, 0) is 21.3 Å². The summed E-state index contributed by atoms with van der Waals surface area (Å²) in [5, 5.41) is 0.